The van der Waals surface area contributed by atoms with Gasteiger partial charge in [-0.3, -0.25) is 0 Å². The minimum absolute atomic E-state index is 0.0680. The van der Waals surface area contributed by atoms with Crippen molar-refractivity contribution >= 4 is 17.2 Å². The highest BCUT2D eigenvalue weighted by Gasteiger charge is 2.06. The maximum atomic E-state index is 13.4. The third kappa shape index (κ3) is 4.92. The molecule has 0 aliphatic rings. The molecule has 21 heavy (non-hydrogen) atoms. The number of thiocarbonyl (C=S) groups is 1. The molecule has 2 N–H and O–H groups in total. The average molecular weight is 303 g/mol. The van der Waals surface area contributed by atoms with Crippen molar-refractivity contribution in [2.24, 2.45) is 5.73 Å². The molecule has 2 aromatic rings. The number of nitrogens with two attached hydrogens (primary N) is 1. The van der Waals surface area contributed by atoms with Crippen LogP contribution in [0.15, 0.2) is 48.5 Å². The van der Waals surface area contributed by atoms with E-state index in [-0.39, 0.29) is 10.6 Å². The third-order valence-electron chi connectivity index (χ3n) is 3.16. The summed E-state index contributed by atoms with van der Waals surface area (Å²) in [7, 11) is 0. The monoisotopic (exact) mass is 303 g/mol. The molecule has 4 heteroatoms. The van der Waals surface area contributed by atoms with Crippen LogP contribution in [-0.4, -0.2) is 11.6 Å². The quantitative estimate of drug-likeness (QED) is 0.627. The molecule has 0 saturated carbocycles. The molecule has 110 valence electrons. The topological polar surface area (TPSA) is 35.2 Å². The van der Waals surface area contributed by atoms with Crippen molar-refractivity contribution in [1.82, 2.24) is 0 Å². The normalized spacial score (nSPS) is 10.5. The van der Waals surface area contributed by atoms with Gasteiger partial charge in [0.2, 0.25) is 0 Å². The number of halogens is 1. The smallest absolute Gasteiger partial charge is 0.133 e. The van der Waals surface area contributed by atoms with E-state index in [2.05, 4.69) is 12.1 Å². The van der Waals surface area contributed by atoms with Gasteiger partial charge in [-0.25, -0.2) is 4.39 Å². The van der Waals surface area contributed by atoms with E-state index in [9.17, 15) is 4.39 Å². The predicted octanol–water partition coefficient (Wildman–Crippen LogP) is 3.61. The lowest BCUT2D eigenvalue weighted by molar-refractivity contribution is 0.118. The largest absolute Gasteiger partial charge is 0.389 e. The van der Waals surface area contributed by atoms with Gasteiger partial charge in [0.15, 0.2) is 0 Å². The number of ether oxygens (including phenoxy) is 1. The summed E-state index contributed by atoms with van der Waals surface area (Å²) in [4.78, 5) is 0.0680. The van der Waals surface area contributed by atoms with Crippen LogP contribution in [0.25, 0.3) is 0 Å². The van der Waals surface area contributed by atoms with Crippen LogP contribution in [-0.2, 0) is 17.8 Å². The molecule has 0 unspecified atom stereocenters. The van der Waals surface area contributed by atoms with Crippen LogP contribution < -0.4 is 5.73 Å². The lowest BCUT2D eigenvalue weighted by atomic mass is 10.1. The number of rotatable bonds is 7. The van der Waals surface area contributed by atoms with Crippen LogP contribution in [0.1, 0.15) is 23.1 Å². The van der Waals surface area contributed by atoms with Crippen LogP contribution in [0.2, 0.25) is 0 Å². The van der Waals surface area contributed by atoms with Crippen molar-refractivity contribution in [2.75, 3.05) is 6.61 Å². The second-order valence-corrected chi connectivity index (χ2v) is 5.26. The number of benzene rings is 2. The average Bonchev–Trinajstić information content (AvgIpc) is 2.49. The molecular formula is C17H18FNOS. The second kappa shape index (κ2) is 7.86. The molecule has 2 nitrogen and oxygen atoms in total. The number of aryl methyl sites for hydroxylation is 1. The van der Waals surface area contributed by atoms with E-state index in [1.54, 1.807) is 12.1 Å². The lowest BCUT2D eigenvalue weighted by Gasteiger charge is -2.07. The fourth-order valence-electron chi connectivity index (χ4n) is 2.06. The van der Waals surface area contributed by atoms with E-state index in [1.165, 1.54) is 11.6 Å². The third-order valence-corrected chi connectivity index (χ3v) is 3.38. The van der Waals surface area contributed by atoms with Crippen molar-refractivity contribution in [3.63, 3.8) is 0 Å². The molecule has 2 aromatic carbocycles. The molecule has 0 bridgehead atoms. The lowest BCUT2D eigenvalue weighted by Crippen LogP contribution is -2.12. The van der Waals surface area contributed by atoms with E-state index in [0.29, 0.717) is 13.2 Å². The summed E-state index contributed by atoms with van der Waals surface area (Å²) in [5.74, 6) is -0.393. The van der Waals surface area contributed by atoms with Crippen LogP contribution >= 0.6 is 12.2 Å². The summed E-state index contributed by atoms with van der Waals surface area (Å²) in [6.45, 7) is 1.10. The van der Waals surface area contributed by atoms with E-state index in [0.717, 1.165) is 18.4 Å². The van der Waals surface area contributed by atoms with Gasteiger partial charge in [0.25, 0.3) is 0 Å². The molecule has 0 radical (unpaired) electrons. The summed E-state index contributed by atoms with van der Waals surface area (Å²) < 4.78 is 19.1. The second-order valence-electron chi connectivity index (χ2n) is 4.82. The summed E-state index contributed by atoms with van der Waals surface area (Å²) in [5.41, 5.74) is 7.93. The minimum atomic E-state index is -0.393. The van der Waals surface area contributed by atoms with Gasteiger partial charge in [0.1, 0.15) is 10.8 Å². The van der Waals surface area contributed by atoms with Crippen LogP contribution in [0.5, 0.6) is 0 Å². The zero-order valence-corrected chi connectivity index (χ0v) is 12.5. The highest BCUT2D eigenvalue weighted by molar-refractivity contribution is 7.80. The molecule has 0 aliphatic carbocycles. The van der Waals surface area contributed by atoms with Crippen molar-refractivity contribution in [1.29, 1.82) is 0 Å². The summed E-state index contributed by atoms with van der Waals surface area (Å²) in [5, 5.41) is 0. The molecule has 0 aliphatic heterocycles. The fourth-order valence-corrected chi connectivity index (χ4v) is 2.22. The van der Waals surface area contributed by atoms with E-state index in [1.807, 2.05) is 18.2 Å². The highest BCUT2D eigenvalue weighted by atomic mass is 32.1. The van der Waals surface area contributed by atoms with E-state index >= 15 is 0 Å². The maximum Gasteiger partial charge on any atom is 0.133 e. The van der Waals surface area contributed by atoms with E-state index in [4.69, 9.17) is 22.7 Å². The van der Waals surface area contributed by atoms with Crippen molar-refractivity contribution in [3.8, 4) is 0 Å². The van der Waals surface area contributed by atoms with Gasteiger partial charge in [0, 0.05) is 12.2 Å². The van der Waals surface area contributed by atoms with Crippen LogP contribution in [0, 0.1) is 5.82 Å². The Kier molecular flexibility index (Phi) is 5.84. The Balaban J connectivity index is 1.76. The summed E-state index contributed by atoms with van der Waals surface area (Å²) in [6.07, 6.45) is 1.94. The van der Waals surface area contributed by atoms with Gasteiger partial charge in [-0.15, -0.1) is 0 Å². The Morgan fingerprint density at radius 1 is 1.10 bits per heavy atom. The fraction of sp³-hybridized carbons (Fsp3) is 0.235. The Hall–Kier alpha value is -1.78. The van der Waals surface area contributed by atoms with Gasteiger partial charge in [-0.05, 0) is 36.1 Å². The minimum Gasteiger partial charge on any atom is -0.389 e. The first-order chi connectivity index (χ1) is 10.2. The molecule has 0 spiro atoms. The van der Waals surface area contributed by atoms with Gasteiger partial charge in [-0.2, -0.15) is 0 Å². The Morgan fingerprint density at radius 2 is 1.86 bits per heavy atom. The number of hydrogen-bond donors (Lipinski definition) is 1. The molecule has 0 fully saturated rings. The maximum absolute atomic E-state index is 13.4. The first-order valence-corrected chi connectivity index (χ1v) is 7.27. The molecule has 0 saturated heterocycles. The summed E-state index contributed by atoms with van der Waals surface area (Å²) in [6, 6.07) is 15.0. The molecular weight excluding hydrogens is 285 g/mol. The Labute approximate surface area is 129 Å². The SMILES string of the molecule is NC(=S)c1cc(COCCCc2ccccc2)ccc1F. The Morgan fingerprint density at radius 3 is 2.57 bits per heavy atom. The van der Waals surface area contributed by atoms with Crippen LogP contribution in [0.3, 0.4) is 0 Å². The van der Waals surface area contributed by atoms with Gasteiger partial charge in [-0.1, -0.05) is 48.6 Å². The van der Waals surface area contributed by atoms with Gasteiger partial charge < -0.3 is 10.5 Å². The van der Waals surface area contributed by atoms with Crippen molar-refractivity contribution in [3.05, 3.63) is 71.0 Å². The number of hydrogen-bond acceptors (Lipinski definition) is 2. The zero-order valence-electron chi connectivity index (χ0n) is 11.7. The van der Waals surface area contributed by atoms with E-state index < -0.39 is 5.82 Å². The van der Waals surface area contributed by atoms with Crippen LogP contribution in [0.4, 0.5) is 4.39 Å². The molecule has 0 heterocycles. The van der Waals surface area contributed by atoms with Gasteiger partial charge in [0.05, 0.1) is 6.61 Å². The molecule has 0 aromatic heterocycles. The highest BCUT2D eigenvalue weighted by Crippen LogP contribution is 2.12. The molecule has 2 rings (SSSR count). The van der Waals surface area contributed by atoms with Crippen molar-refractivity contribution in [2.45, 2.75) is 19.4 Å². The Bertz CT molecular complexity index is 601. The predicted molar refractivity (Wildman–Crippen MR) is 86.7 cm³/mol. The molecule has 0 amide bonds. The van der Waals surface area contributed by atoms with Gasteiger partial charge >= 0.3 is 0 Å². The first kappa shape index (κ1) is 15.6. The zero-order chi connectivity index (χ0) is 15.1. The molecule has 0 atom stereocenters. The first-order valence-electron chi connectivity index (χ1n) is 6.86. The summed E-state index contributed by atoms with van der Waals surface area (Å²) >= 11 is 4.81. The standard InChI is InChI=1S/C17H18FNOS/c18-16-9-8-14(11-15(16)17(19)21)12-20-10-4-7-13-5-2-1-3-6-13/h1-3,5-6,8-9,11H,4,7,10,12H2,(H2,19,21). The van der Waals surface area contributed by atoms with Crippen molar-refractivity contribution < 1.29 is 9.13 Å².